The molecule has 1 fully saturated rings. The van der Waals surface area contributed by atoms with E-state index in [0.717, 1.165) is 23.4 Å². The largest absolute Gasteiger partial charge is 0.339 e. The van der Waals surface area contributed by atoms with Crippen LogP contribution in [0, 0.1) is 12.8 Å². The minimum atomic E-state index is -0.193. The number of piperidine rings is 1. The van der Waals surface area contributed by atoms with Crippen LogP contribution in [0.1, 0.15) is 52.5 Å². The van der Waals surface area contributed by atoms with E-state index in [4.69, 9.17) is 0 Å². The van der Waals surface area contributed by atoms with E-state index in [1.807, 2.05) is 71.6 Å². The van der Waals surface area contributed by atoms with Gasteiger partial charge in [0.2, 0.25) is 0 Å². The predicted molar refractivity (Wildman–Crippen MR) is 129 cm³/mol. The first-order chi connectivity index (χ1) is 15.9. The molecular weight excluding hydrogens is 412 g/mol. The molecule has 33 heavy (non-hydrogen) atoms. The van der Waals surface area contributed by atoms with Gasteiger partial charge in [0, 0.05) is 37.2 Å². The number of rotatable bonds is 4. The monoisotopic (exact) mass is 440 g/mol. The Labute approximate surface area is 194 Å². The maximum Gasteiger partial charge on any atom is 0.255 e. The van der Waals surface area contributed by atoms with Crippen LogP contribution in [0.3, 0.4) is 0 Å². The lowest BCUT2D eigenvalue weighted by Crippen LogP contribution is -2.43. The lowest BCUT2D eigenvalue weighted by molar-refractivity contribution is 0.0650. The van der Waals surface area contributed by atoms with Crippen molar-refractivity contribution < 1.29 is 9.59 Å². The Morgan fingerprint density at radius 1 is 1.06 bits per heavy atom. The summed E-state index contributed by atoms with van der Waals surface area (Å²) in [5.41, 5.74) is 5.47. The molecule has 0 radical (unpaired) electrons. The number of aliphatic imine (C=N–C) groups is 1. The molecule has 1 aliphatic carbocycles. The zero-order chi connectivity index (χ0) is 23.0. The highest BCUT2D eigenvalue weighted by Gasteiger charge is 2.41. The standard InChI is InChI=1S/C27H28N4O2/c1-19-6-8-20(9-7-19)25(32)21-12-15-30(16-13-21)26(33)22-10-11-24(28-17-22)31-18-29-27(2)14-4-3-5-23(27)31/h4-11,17-18,21,23H,12-16H2,1-2H3. The van der Waals surface area contributed by atoms with Crippen molar-refractivity contribution in [3.63, 3.8) is 0 Å². The number of hydrogen-bond acceptors (Lipinski definition) is 5. The molecule has 6 heteroatoms. The van der Waals surface area contributed by atoms with E-state index in [1.54, 1.807) is 6.20 Å². The van der Waals surface area contributed by atoms with Crippen molar-refractivity contribution in [1.29, 1.82) is 0 Å². The van der Waals surface area contributed by atoms with Gasteiger partial charge in [-0.15, -0.1) is 5.73 Å². The number of ketones is 1. The predicted octanol–water partition coefficient (Wildman–Crippen LogP) is 4.22. The first kappa shape index (κ1) is 21.4. The smallest absolute Gasteiger partial charge is 0.255 e. The average Bonchev–Trinajstić information content (AvgIpc) is 3.21. The summed E-state index contributed by atoms with van der Waals surface area (Å²) < 4.78 is 0. The fraction of sp³-hybridized carbons (Fsp3) is 0.370. The Hall–Kier alpha value is -3.50. The topological polar surface area (TPSA) is 65.9 Å². The van der Waals surface area contributed by atoms with E-state index < -0.39 is 0 Å². The van der Waals surface area contributed by atoms with Crippen molar-refractivity contribution >= 4 is 23.8 Å². The zero-order valence-corrected chi connectivity index (χ0v) is 19.1. The van der Waals surface area contributed by atoms with Crippen LogP contribution >= 0.6 is 0 Å². The highest BCUT2D eigenvalue weighted by Crippen LogP contribution is 2.34. The summed E-state index contributed by atoms with van der Waals surface area (Å²) in [4.78, 5) is 39.0. The van der Waals surface area contributed by atoms with Gasteiger partial charge >= 0.3 is 0 Å². The second-order valence-electron chi connectivity index (χ2n) is 9.40. The van der Waals surface area contributed by atoms with Crippen LogP contribution in [0.15, 0.2) is 65.5 Å². The van der Waals surface area contributed by atoms with Crippen molar-refractivity contribution in [3.8, 4) is 0 Å². The number of Topliss-reactive ketones (excluding diaryl/α,β-unsaturated/α-hetero) is 1. The van der Waals surface area contributed by atoms with Gasteiger partial charge in [-0.1, -0.05) is 29.8 Å². The number of carbonyl (C=O) groups is 2. The Kier molecular flexibility index (Phi) is 5.47. The molecule has 168 valence electrons. The van der Waals surface area contributed by atoms with Gasteiger partial charge in [-0.2, -0.15) is 0 Å². The Balaban J connectivity index is 1.21. The van der Waals surface area contributed by atoms with Gasteiger partial charge in [-0.25, -0.2) is 4.98 Å². The summed E-state index contributed by atoms with van der Waals surface area (Å²) in [5.74, 6) is 0.889. The van der Waals surface area contributed by atoms with Crippen LogP contribution in [0.4, 0.5) is 5.82 Å². The zero-order valence-electron chi connectivity index (χ0n) is 19.1. The van der Waals surface area contributed by atoms with Crippen LogP contribution in [-0.4, -0.2) is 52.6 Å². The van der Waals surface area contributed by atoms with Gasteiger partial charge in [0.15, 0.2) is 5.78 Å². The van der Waals surface area contributed by atoms with E-state index >= 15 is 0 Å². The molecule has 1 saturated heterocycles. The van der Waals surface area contributed by atoms with Crippen LogP contribution in [0.2, 0.25) is 0 Å². The summed E-state index contributed by atoms with van der Waals surface area (Å²) >= 11 is 0. The fourth-order valence-corrected chi connectivity index (χ4v) is 4.85. The second-order valence-corrected chi connectivity index (χ2v) is 9.40. The quantitative estimate of drug-likeness (QED) is 0.528. The number of amides is 1. The van der Waals surface area contributed by atoms with Crippen LogP contribution in [0.5, 0.6) is 0 Å². The van der Waals surface area contributed by atoms with Gasteiger partial charge in [0.05, 0.1) is 23.5 Å². The number of nitrogens with zero attached hydrogens (tertiary/aromatic N) is 4. The molecule has 0 saturated carbocycles. The van der Waals surface area contributed by atoms with Gasteiger partial charge in [0.25, 0.3) is 5.91 Å². The van der Waals surface area contributed by atoms with Crippen LogP contribution in [-0.2, 0) is 0 Å². The maximum atomic E-state index is 13.0. The SMILES string of the molecule is Cc1ccc(C(=O)C2CCN(C(=O)c3ccc(N4C=NC5(C)CC=C=CC45)nc3)CC2)cc1. The first-order valence-electron chi connectivity index (χ1n) is 11.6. The van der Waals surface area contributed by atoms with Crippen LogP contribution < -0.4 is 4.90 Å². The average molecular weight is 441 g/mol. The molecule has 0 bridgehead atoms. The number of anilines is 1. The number of pyridine rings is 1. The summed E-state index contributed by atoms with van der Waals surface area (Å²) in [6.45, 7) is 5.31. The van der Waals surface area contributed by atoms with E-state index in [0.29, 0.717) is 31.5 Å². The Morgan fingerprint density at radius 3 is 2.48 bits per heavy atom. The third-order valence-electron chi connectivity index (χ3n) is 7.05. The molecule has 0 spiro atoms. The molecule has 2 atom stereocenters. The third kappa shape index (κ3) is 4.03. The number of fused-ring (bicyclic) bond motifs is 1. The number of likely N-dealkylation sites (tertiary alicyclic amines) is 1. The minimum Gasteiger partial charge on any atom is -0.339 e. The molecule has 3 aliphatic rings. The highest BCUT2D eigenvalue weighted by atomic mass is 16.2. The minimum absolute atomic E-state index is 0.0291. The van der Waals surface area contributed by atoms with Crippen molar-refractivity contribution in [1.82, 2.24) is 9.88 Å². The molecule has 5 rings (SSSR count). The van der Waals surface area contributed by atoms with Crippen molar-refractivity contribution in [2.75, 3.05) is 18.0 Å². The molecule has 3 heterocycles. The first-order valence-corrected chi connectivity index (χ1v) is 11.6. The third-order valence-corrected chi connectivity index (χ3v) is 7.05. The molecule has 1 aromatic heterocycles. The maximum absolute atomic E-state index is 13.0. The summed E-state index contributed by atoms with van der Waals surface area (Å²) in [6, 6.07) is 11.5. The molecule has 0 N–H and O–H groups in total. The summed E-state index contributed by atoms with van der Waals surface area (Å²) in [5, 5.41) is 0. The van der Waals surface area contributed by atoms with E-state index in [-0.39, 0.29) is 29.2 Å². The van der Waals surface area contributed by atoms with Gasteiger partial charge in [0.1, 0.15) is 5.82 Å². The number of hydrogen-bond donors (Lipinski definition) is 0. The molecule has 1 amide bonds. The van der Waals surface area contributed by atoms with Crippen molar-refractivity contribution in [2.24, 2.45) is 10.9 Å². The molecule has 6 nitrogen and oxygen atoms in total. The highest BCUT2D eigenvalue weighted by molar-refractivity contribution is 5.98. The second kappa shape index (κ2) is 8.45. The molecule has 1 aromatic carbocycles. The molecular formula is C27H28N4O2. The Morgan fingerprint density at radius 2 is 1.79 bits per heavy atom. The van der Waals surface area contributed by atoms with Crippen molar-refractivity contribution in [2.45, 2.75) is 44.7 Å². The normalized spacial score (nSPS) is 24.2. The number of aryl methyl sites for hydroxylation is 1. The fourth-order valence-electron chi connectivity index (χ4n) is 4.85. The van der Waals surface area contributed by atoms with E-state index in [2.05, 4.69) is 22.6 Å². The number of carbonyl (C=O) groups excluding carboxylic acids is 2. The van der Waals surface area contributed by atoms with Gasteiger partial charge in [-0.05, 0) is 51.0 Å². The summed E-state index contributed by atoms with van der Waals surface area (Å²) in [6.07, 6.45) is 9.75. The summed E-state index contributed by atoms with van der Waals surface area (Å²) in [7, 11) is 0. The van der Waals surface area contributed by atoms with Gasteiger partial charge < -0.3 is 9.80 Å². The molecule has 2 unspecified atom stereocenters. The van der Waals surface area contributed by atoms with Crippen LogP contribution in [0.25, 0.3) is 0 Å². The van der Waals surface area contributed by atoms with E-state index in [1.165, 1.54) is 0 Å². The lowest BCUT2D eigenvalue weighted by Gasteiger charge is -2.32. The van der Waals surface area contributed by atoms with E-state index in [9.17, 15) is 9.59 Å². The Bertz CT molecular complexity index is 1150. The molecule has 2 aliphatic heterocycles. The number of aromatic nitrogens is 1. The number of benzene rings is 1. The molecule has 2 aromatic rings. The van der Waals surface area contributed by atoms with Crippen molar-refractivity contribution in [3.05, 3.63) is 77.2 Å². The van der Waals surface area contributed by atoms with Gasteiger partial charge in [-0.3, -0.25) is 14.6 Å². The lowest BCUT2D eigenvalue weighted by atomic mass is 9.87.